The van der Waals surface area contributed by atoms with Gasteiger partial charge in [0.25, 0.3) is 0 Å². The van der Waals surface area contributed by atoms with Gasteiger partial charge in [0.2, 0.25) is 0 Å². The van der Waals surface area contributed by atoms with Crippen LogP contribution in [0.1, 0.15) is 30.9 Å². The lowest BCUT2D eigenvalue weighted by Crippen LogP contribution is -2.41. The fourth-order valence-corrected chi connectivity index (χ4v) is 3.18. The molecule has 1 N–H and O–H groups in total. The molecule has 6 heteroatoms. The van der Waals surface area contributed by atoms with Gasteiger partial charge in [0.05, 0.1) is 19.8 Å². The van der Waals surface area contributed by atoms with Crippen molar-refractivity contribution in [1.29, 1.82) is 0 Å². The number of hydrogen-bond acceptors (Lipinski definition) is 5. The van der Waals surface area contributed by atoms with Crippen molar-refractivity contribution in [3.05, 3.63) is 59.3 Å². The van der Waals surface area contributed by atoms with Crippen molar-refractivity contribution in [2.24, 2.45) is 0 Å². The average molecular weight is 376 g/mol. The molecule has 0 unspecified atom stereocenters. The van der Waals surface area contributed by atoms with Crippen LogP contribution < -0.4 is 0 Å². The van der Waals surface area contributed by atoms with Crippen molar-refractivity contribution in [3.8, 4) is 0 Å². The fourth-order valence-electron chi connectivity index (χ4n) is 3.18. The first-order chi connectivity index (χ1) is 12.9. The summed E-state index contributed by atoms with van der Waals surface area (Å²) < 4.78 is 24.5. The summed E-state index contributed by atoms with van der Waals surface area (Å²) in [6.45, 7) is 10.1. The number of nitrogens with zero attached hydrogens (tertiary/aromatic N) is 2. The van der Waals surface area contributed by atoms with Gasteiger partial charge in [0.15, 0.2) is 0 Å². The molecule has 3 rings (SSSR count). The summed E-state index contributed by atoms with van der Waals surface area (Å²) in [6, 6.07) is 10.4. The maximum atomic E-state index is 13.2. The van der Waals surface area contributed by atoms with Crippen LogP contribution in [-0.2, 0) is 23.4 Å². The molecule has 0 saturated carbocycles. The van der Waals surface area contributed by atoms with Crippen molar-refractivity contribution < 1.29 is 18.7 Å². The number of ether oxygens (including phenoxy) is 1. The number of halogens is 1. The fraction of sp³-hybridized carbons (Fsp3) is 0.524. The molecule has 1 aromatic heterocycles. The van der Waals surface area contributed by atoms with Gasteiger partial charge in [0, 0.05) is 32.7 Å². The third kappa shape index (κ3) is 6.14. The van der Waals surface area contributed by atoms with E-state index < -0.39 is 5.60 Å². The Labute approximate surface area is 160 Å². The van der Waals surface area contributed by atoms with Gasteiger partial charge in [-0.1, -0.05) is 12.1 Å². The van der Waals surface area contributed by atoms with E-state index in [0.29, 0.717) is 18.8 Å². The first-order valence-electron chi connectivity index (χ1n) is 9.48. The molecule has 2 aromatic rings. The number of furan rings is 1. The molecule has 0 bridgehead atoms. The van der Waals surface area contributed by atoms with E-state index >= 15 is 0 Å². The zero-order chi connectivity index (χ0) is 19.3. The predicted octanol–water partition coefficient (Wildman–Crippen LogP) is 2.98. The molecule has 0 aliphatic carbocycles. The maximum Gasteiger partial charge on any atom is 0.135 e. The molecule has 148 valence electrons. The van der Waals surface area contributed by atoms with Crippen LogP contribution in [0.15, 0.2) is 40.8 Å². The third-order valence-electron chi connectivity index (χ3n) is 4.80. The molecular weight excluding hydrogens is 347 g/mol. The number of rotatable bonds is 8. The topological polar surface area (TPSA) is 49.1 Å². The van der Waals surface area contributed by atoms with Gasteiger partial charge in [-0.05, 0) is 43.7 Å². The molecule has 0 atom stereocenters. The van der Waals surface area contributed by atoms with Crippen molar-refractivity contribution in [3.63, 3.8) is 0 Å². The Morgan fingerprint density at radius 2 is 1.78 bits per heavy atom. The second-order valence-corrected chi connectivity index (χ2v) is 7.62. The molecule has 1 aromatic carbocycles. The molecule has 1 aliphatic heterocycles. The minimum Gasteiger partial charge on any atom is -0.462 e. The Balaban J connectivity index is 1.65. The van der Waals surface area contributed by atoms with Gasteiger partial charge in [-0.15, -0.1) is 0 Å². The Bertz CT molecular complexity index is 703. The van der Waals surface area contributed by atoms with E-state index in [2.05, 4.69) is 9.80 Å². The highest BCUT2D eigenvalue weighted by molar-refractivity contribution is 5.16. The SMILES string of the molecule is CC(C)(O)c1ccc(CN(CCN2CCOCC2)Cc2ccc(F)cc2)o1. The second kappa shape index (κ2) is 8.97. The van der Waals surface area contributed by atoms with Gasteiger partial charge < -0.3 is 14.3 Å². The van der Waals surface area contributed by atoms with Crippen molar-refractivity contribution >= 4 is 0 Å². The molecule has 1 fully saturated rings. The molecule has 5 nitrogen and oxygen atoms in total. The zero-order valence-electron chi connectivity index (χ0n) is 16.2. The Hall–Kier alpha value is -1.73. The maximum absolute atomic E-state index is 13.2. The Morgan fingerprint density at radius 1 is 1.07 bits per heavy atom. The summed E-state index contributed by atoms with van der Waals surface area (Å²) in [4.78, 5) is 4.68. The van der Waals surface area contributed by atoms with Gasteiger partial charge in [-0.25, -0.2) is 4.39 Å². The van der Waals surface area contributed by atoms with Gasteiger partial charge in [-0.3, -0.25) is 9.80 Å². The summed E-state index contributed by atoms with van der Waals surface area (Å²) >= 11 is 0. The standard InChI is InChI=1S/C21H29FN2O3/c1-21(2,25)20-8-7-19(27-20)16-24(10-9-23-11-13-26-14-12-23)15-17-3-5-18(22)6-4-17/h3-8,25H,9-16H2,1-2H3. The smallest absolute Gasteiger partial charge is 0.135 e. The lowest BCUT2D eigenvalue weighted by atomic mass is 10.1. The zero-order valence-corrected chi connectivity index (χ0v) is 16.2. The summed E-state index contributed by atoms with van der Waals surface area (Å²) in [5, 5.41) is 10.1. The molecule has 2 heterocycles. The van der Waals surface area contributed by atoms with Gasteiger partial charge >= 0.3 is 0 Å². The van der Waals surface area contributed by atoms with E-state index in [1.165, 1.54) is 12.1 Å². The van der Waals surface area contributed by atoms with E-state index in [0.717, 1.165) is 50.7 Å². The lowest BCUT2D eigenvalue weighted by molar-refractivity contribution is 0.0315. The van der Waals surface area contributed by atoms with Crippen LogP contribution in [0.4, 0.5) is 4.39 Å². The summed E-state index contributed by atoms with van der Waals surface area (Å²) in [7, 11) is 0. The lowest BCUT2D eigenvalue weighted by Gasteiger charge is -2.29. The quantitative estimate of drug-likeness (QED) is 0.768. The van der Waals surface area contributed by atoms with Crippen LogP contribution in [0.25, 0.3) is 0 Å². The summed E-state index contributed by atoms with van der Waals surface area (Å²) in [5.41, 5.74) is 0.0704. The monoisotopic (exact) mass is 376 g/mol. The van der Waals surface area contributed by atoms with E-state index in [9.17, 15) is 9.50 Å². The number of benzene rings is 1. The van der Waals surface area contributed by atoms with Crippen LogP contribution in [0.2, 0.25) is 0 Å². The minimum atomic E-state index is -0.992. The normalized spacial score (nSPS) is 16.2. The van der Waals surface area contributed by atoms with Crippen molar-refractivity contribution in [2.45, 2.75) is 32.5 Å². The van der Waals surface area contributed by atoms with E-state index in [1.54, 1.807) is 13.8 Å². The summed E-state index contributed by atoms with van der Waals surface area (Å²) in [6.07, 6.45) is 0. The Kier molecular flexibility index (Phi) is 6.65. The van der Waals surface area contributed by atoms with Crippen molar-refractivity contribution in [1.82, 2.24) is 9.80 Å². The van der Waals surface area contributed by atoms with E-state index in [-0.39, 0.29) is 5.82 Å². The number of hydrogen-bond donors (Lipinski definition) is 1. The first kappa shape index (κ1) is 20.0. The Morgan fingerprint density at radius 3 is 2.41 bits per heavy atom. The molecule has 1 saturated heterocycles. The van der Waals surface area contributed by atoms with Crippen molar-refractivity contribution in [2.75, 3.05) is 39.4 Å². The predicted molar refractivity (Wildman–Crippen MR) is 102 cm³/mol. The largest absolute Gasteiger partial charge is 0.462 e. The molecule has 0 radical (unpaired) electrons. The third-order valence-corrected chi connectivity index (χ3v) is 4.80. The molecule has 27 heavy (non-hydrogen) atoms. The molecular formula is C21H29FN2O3. The van der Waals surface area contributed by atoms with E-state index in [1.807, 2.05) is 24.3 Å². The van der Waals surface area contributed by atoms with Crippen LogP contribution in [0, 0.1) is 5.82 Å². The average Bonchev–Trinajstić information content (AvgIpc) is 3.11. The highest BCUT2D eigenvalue weighted by Crippen LogP contribution is 2.23. The minimum absolute atomic E-state index is 0.223. The second-order valence-electron chi connectivity index (χ2n) is 7.62. The number of aliphatic hydroxyl groups is 1. The first-order valence-corrected chi connectivity index (χ1v) is 9.48. The molecule has 0 amide bonds. The molecule has 0 spiro atoms. The molecule has 1 aliphatic rings. The summed E-state index contributed by atoms with van der Waals surface area (Å²) in [5.74, 6) is 1.16. The van der Waals surface area contributed by atoms with Crippen LogP contribution in [0.3, 0.4) is 0 Å². The van der Waals surface area contributed by atoms with Crippen LogP contribution in [-0.4, -0.2) is 54.3 Å². The highest BCUT2D eigenvalue weighted by atomic mass is 19.1. The van der Waals surface area contributed by atoms with Crippen LogP contribution >= 0.6 is 0 Å². The highest BCUT2D eigenvalue weighted by Gasteiger charge is 2.21. The van der Waals surface area contributed by atoms with Gasteiger partial charge in [0.1, 0.15) is 22.9 Å². The van der Waals surface area contributed by atoms with E-state index in [4.69, 9.17) is 9.15 Å². The van der Waals surface area contributed by atoms with Gasteiger partial charge in [-0.2, -0.15) is 0 Å². The number of morpholine rings is 1. The van der Waals surface area contributed by atoms with Crippen LogP contribution in [0.5, 0.6) is 0 Å².